The van der Waals surface area contributed by atoms with E-state index in [-0.39, 0.29) is 11.9 Å². The van der Waals surface area contributed by atoms with Gasteiger partial charge < -0.3 is 15.5 Å². The Bertz CT molecular complexity index is 770. The van der Waals surface area contributed by atoms with Gasteiger partial charge in [0.1, 0.15) is 0 Å². The molecule has 4 rings (SSSR count). The molecule has 0 unspecified atom stereocenters. The highest BCUT2D eigenvalue weighted by molar-refractivity contribution is 6.00. The van der Waals surface area contributed by atoms with Gasteiger partial charge in [0.2, 0.25) is 11.9 Å². The van der Waals surface area contributed by atoms with E-state index >= 15 is 0 Å². The highest BCUT2D eigenvalue weighted by Gasteiger charge is 2.32. The van der Waals surface area contributed by atoms with Gasteiger partial charge in [0.15, 0.2) is 0 Å². The van der Waals surface area contributed by atoms with E-state index in [4.69, 9.17) is 0 Å². The maximum absolute atomic E-state index is 12.8. The monoisotopic (exact) mass is 323 g/mol. The Kier molecular flexibility index (Phi) is 3.90. The molecule has 1 aromatic heterocycles. The van der Waals surface area contributed by atoms with E-state index < -0.39 is 0 Å². The van der Waals surface area contributed by atoms with Crippen molar-refractivity contribution in [3.05, 3.63) is 36.0 Å². The predicted molar refractivity (Wildman–Crippen MR) is 94.1 cm³/mol. The summed E-state index contributed by atoms with van der Waals surface area (Å²) in [6.07, 6.45) is 4.63. The van der Waals surface area contributed by atoms with E-state index in [0.717, 1.165) is 49.3 Å². The van der Waals surface area contributed by atoms with Gasteiger partial charge in [-0.15, -0.1) is 0 Å². The third-order valence-corrected chi connectivity index (χ3v) is 4.81. The maximum Gasteiger partial charge on any atom is 0.244 e. The van der Waals surface area contributed by atoms with Crippen LogP contribution in [0.1, 0.15) is 18.4 Å². The summed E-state index contributed by atoms with van der Waals surface area (Å²) in [7, 11) is 1.81. The molecular weight excluding hydrogens is 302 g/mol. The molecule has 6 heteroatoms. The number of hydrogen-bond acceptors (Lipinski definition) is 5. The van der Waals surface area contributed by atoms with Crippen LogP contribution in [0.15, 0.2) is 30.5 Å². The van der Waals surface area contributed by atoms with Crippen LogP contribution in [-0.4, -0.2) is 42.1 Å². The first kappa shape index (κ1) is 15.1. The molecule has 1 atom stereocenters. The highest BCUT2D eigenvalue weighted by Crippen LogP contribution is 2.36. The van der Waals surface area contributed by atoms with Gasteiger partial charge >= 0.3 is 0 Å². The van der Waals surface area contributed by atoms with Crippen molar-refractivity contribution in [1.29, 1.82) is 0 Å². The molecule has 1 amide bonds. The smallest absolute Gasteiger partial charge is 0.244 e. The molecule has 0 saturated carbocycles. The number of aromatic nitrogens is 2. The molecule has 0 spiro atoms. The summed E-state index contributed by atoms with van der Waals surface area (Å²) in [5, 5.41) is 6.28. The summed E-state index contributed by atoms with van der Waals surface area (Å²) in [5.74, 6) is 0.799. The van der Waals surface area contributed by atoms with Crippen molar-refractivity contribution < 1.29 is 4.79 Å². The van der Waals surface area contributed by atoms with Gasteiger partial charge in [-0.05, 0) is 43.5 Å². The van der Waals surface area contributed by atoms with E-state index in [0.29, 0.717) is 5.95 Å². The molecule has 6 nitrogen and oxygen atoms in total. The van der Waals surface area contributed by atoms with Crippen molar-refractivity contribution in [1.82, 2.24) is 15.3 Å². The first-order valence-corrected chi connectivity index (χ1v) is 8.46. The minimum absolute atomic E-state index is 0.0328. The summed E-state index contributed by atoms with van der Waals surface area (Å²) in [5.41, 5.74) is 4.20. The van der Waals surface area contributed by atoms with Gasteiger partial charge in [0, 0.05) is 31.0 Å². The van der Waals surface area contributed by atoms with Crippen molar-refractivity contribution in [2.24, 2.45) is 0 Å². The highest BCUT2D eigenvalue weighted by atomic mass is 16.2. The van der Waals surface area contributed by atoms with E-state index in [1.807, 2.05) is 30.1 Å². The normalized spacial score (nSPS) is 19.4. The Morgan fingerprint density at radius 2 is 2.29 bits per heavy atom. The molecular formula is C18H21N5O. The quantitative estimate of drug-likeness (QED) is 0.902. The summed E-state index contributed by atoms with van der Waals surface area (Å²) in [6.45, 7) is 1.68. The second-order valence-corrected chi connectivity index (χ2v) is 6.21. The zero-order valence-electron chi connectivity index (χ0n) is 13.7. The summed E-state index contributed by atoms with van der Waals surface area (Å²) in [6, 6.07) is 8.00. The lowest BCUT2D eigenvalue weighted by atomic mass is 10.0. The molecule has 124 valence electrons. The number of fused-ring (bicyclic) bond motifs is 1. The van der Waals surface area contributed by atoms with Crippen LogP contribution in [0.4, 0.5) is 11.6 Å². The number of benzene rings is 1. The zero-order chi connectivity index (χ0) is 16.5. The van der Waals surface area contributed by atoms with E-state index in [1.54, 1.807) is 6.20 Å². The molecule has 1 saturated heterocycles. The lowest BCUT2D eigenvalue weighted by molar-refractivity contribution is -0.120. The topological polar surface area (TPSA) is 70.2 Å². The summed E-state index contributed by atoms with van der Waals surface area (Å²) in [4.78, 5) is 23.4. The molecule has 1 aromatic carbocycles. The fraction of sp³-hybridized carbons (Fsp3) is 0.389. The van der Waals surface area contributed by atoms with E-state index in [1.165, 1.54) is 5.56 Å². The SMILES string of the molecule is CNc1nccc(-c2cccc3c2CCN3C(=O)[C@@H]2CCCN2)n1. The summed E-state index contributed by atoms with van der Waals surface area (Å²) < 4.78 is 0. The van der Waals surface area contributed by atoms with E-state index in [2.05, 4.69) is 26.7 Å². The number of nitrogens with zero attached hydrogens (tertiary/aromatic N) is 3. The molecule has 2 aromatic rings. The summed E-state index contributed by atoms with van der Waals surface area (Å²) >= 11 is 0. The minimum Gasteiger partial charge on any atom is -0.357 e. The van der Waals surface area contributed by atoms with Crippen molar-refractivity contribution in [3.8, 4) is 11.3 Å². The fourth-order valence-corrected chi connectivity index (χ4v) is 3.62. The molecule has 0 aliphatic carbocycles. The van der Waals surface area contributed by atoms with Crippen molar-refractivity contribution >= 4 is 17.5 Å². The van der Waals surface area contributed by atoms with Gasteiger partial charge in [-0.2, -0.15) is 0 Å². The Hall–Kier alpha value is -2.47. The first-order chi connectivity index (χ1) is 11.8. The molecule has 24 heavy (non-hydrogen) atoms. The largest absolute Gasteiger partial charge is 0.357 e. The van der Waals surface area contributed by atoms with Gasteiger partial charge in [-0.3, -0.25) is 4.79 Å². The van der Waals surface area contributed by atoms with Crippen LogP contribution in [0.3, 0.4) is 0 Å². The number of rotatable bonds is 3. The van der Waals surface area contributed by atoms with Gasteiger partial charge in [0.05, 0.1) is 11.7 Å². The van der Waals surface area contributed by atoms with Crippen LogP contribution < -0.4 is 15.5 Å². The Morgan fingerprint density at radius 1 is 1.38 bits per heavy atom. The zero-order valence-corrected chi connectivity index (χ0v) is 13.7. The Labute approximate surface area is 141 Å². The second kappa shape index (κ2) is 6.20. The van der Waals surface area contributed by atoms with Crippen LogP contribution in [0, 0.1) is 0 Å². The average Bonchev–Trinajstić information content (AvgIpc) is 3.30. The van der Waals surface area contributed by atoms with Crippen LogP contribution >= 0.6 is 0 Å². The number of nitrogens with one attached hydrogen (secondary N) is 2. The average molecular weight is 323 g/mol. The standard InChI is InChI=1S/C18H21N5O/c1-19-18-21-10-7-14(22-18)12-4-2-6-16-13(12)8-11-23(16)17(24)15-5-3-9-20-15/h2,4,6-7,10,15,20H,3,5,8-9,11H2,1H3,(H,19,21,22)/t15-/m0/s1. The number of amides is 1. The third kappa shape index (κ3) is 2.53. The Balaban J connectivity index is 1.69. The molecule has 2 aliphatic rings. The van der Waals surface area contributed by atoms with Gasteiger partial charge in [-0.1, -0.05) is 12.1 Å². The number of carbonyl (C=O) groups excluding carboxylic acids is 1. The van der Waals surface area contributed by atoms with Crippen molar-refractivity contribution in [3.63, 3.8) is 0 Å². The van der Waals surface area contributed by atoms with Crippen LogP contribution in [-0.2, 0) is 11.2 Å². The molecule has 0 bridgehead atoms. The van der Waals surface area contributed by atoms with Crippen molar-refractivity contribution in [2.75, 3.05) is 30.4 Å². The first-order valence-electron chi connectivity index (χ1n) is 8.46. The van der Waals surface area contributed by atoms with Crippen LogP contribution in [0.25, 0.3) is 11.3 Å². The van der Waals surface area contributed by atoms with Crippen molar-refractivity contribution in [2.45, 2.75) is 25.3 Å². The number of carbonyl (C=O) groups is 1. The molecule has 3 heterocycles. The minimum atomic E-state index is -0.0328. The maximum atomic E-state index is 12.8. The molecule has 1 fully saturated rings. The van der Waals surface area contributed by atoms with Crippen LogP contribution in [0.5, 0.6) is 0 Å². The molecule has 2 aliphatic heterocycles. The molecule has 2 N–H and O–H groups in total. The third-order valence-electron chi connectivity index (χ3n) is 4.81. The second-order valence-electron chi connectivity index (χ2n) is 6.21. The fourth-order valence-electron chi connectivity index (χ4n) is 3.62. The van der Waals surface area contributed by atoms with Gasteiger partial charge in [-0.25, -0.2) is 9.97 Å². The Morgan fingerprint density at radius 3 is 3.08 bits per heavy atom. The molecule has 0 radical (unpaired) electrons. The van der Waals surface area contributed by atoms with E-state index in [9.17, 15) is 4.79 Å². The van der Waals surface area contributed by atoms with Crippen LogP contribution in [0.2, 0.25) is 0 Å². The lowest BCUT2D eigenvalue weighted by Gasteiger charge is -2.21. The lowest BCUT2D eigenvalue weighted by Crippen LogP contribution is -2.42. The predicted octanol–water partition coefficient (Wildman–Crippen LogP) is 1.83. The number of hydrogen-bond donors (Lipinski definition) is 2. The van der Waals surface area contributed by atoms with Gasteiger partial charge in [0.25, 0.3) is 0 Å². The number of anilines is 2.